The maximum absolute atomic E-state index is 10.8. The van der Waals surface area contributed by atoms with Gasteiger partial charge in [0.25, 0.3) is 0 Å². The second kappa shape index (κ2) is 4.71. The van der Waals surface area contributed by atoms with Crippen molar-refractivity contribution in [2.24, 2.45) is 0 Å². The van der Waals surface area contributed by atoms with Gasteiger partial charge in [0.05, 0.1) is 5.75 Å². The van der Waals surface area contributed by atoms with E-state index in [1.807, 2.05) is 5.38 Å². The number of furan rings is 1. The molecule has 2 aromatic heterocycles. The van der Waals surface area contributed by atoms with Crippen LogP contribution in [0.25, 0.3) is 0 Å². The molecule has 0 atom stereocenters. The molecule has 0 aliphatic heterocycles. The molecule has 0 radical (unpaired) electrons. The van der Waals surface area contributed by atoms with Gasteiger partial charge < -0.3 is 9.52 Å². The van der Waals surface area contributed by atoms with Gasteiger partial charge >= 0.3 is 5.97 Å². The van der Waals surface area contributed by atoms with Crippen molar-refractivity contribution in [3.63, 3.8) is 0 Å². The van der Waals surface area contributed by atoms with Gasteiger partial charge in [0.15, 0.2) is 0 Å². The smallest absolute Gasteiger partial charge is 0.372 e. The van der Waals surface area contributed by atoms with Crippen LogP contribution < -0.4 is 0 Å². The van der Waals surface area contributed by atoms with E-state index in [2.05, 4.69) is 4.98 Å². The van der Waals surface area contributed by atoms with Crippen molar-refractivity contribution in [2.45, 2.75) is 17.0 Å². The lowest BCUT2D eigenvalue weighted by atomic mass is 10.3. The Labute approximate surface area is 100 Å². The van der Waals surface area contributed by atoms with Gasteiger partial charge in [-0.3, -0.25) is 0 Å². The number of aromatic carboxylic acids is 1. The third-order valence-corrected chi connectivity index (χ3v) is 3.90. The van der Waals surface area contributed by atoms with E-state index in [1.54, 1.807) is 30.5 Å². The summed E-state index contributed by atoms with van der Waals surface area (Å²) in [5.74, 6) is 0.259. The minimum absolute atomic E-state index is 0.0229. The van der Waals surface area contributed by atoms with Crippen molar-refractivity contribution < 1.29 is 14.3 Å². The first-order chi connectivity index (χ1) is 7.66. The predicted octanol–water partition coefficient (Wildman–Crippen LogP) is 3.04. The van der Waals surface area contributed by atoms with Crippen LogP contribution in [-0.2, 0) is 5.75 Å². The minimum Gasteiger partial charge on any atom is -0.475 e. The highest BCUT2D eigenvalue weighted by Crippen LogP contribution is 2.26. The van der Waals surface area contributed by atoms with Gasteiger partial charge in [-0.15, -0.1) is 11.3 Å². The largest absolute Gasteiger partial charge is 0.475 e. The fraction of sp³-hybridized carbons (Fsp3) is 0.200. The van der Waals surface area contributed by atoms with E-state index < -0.39 is 5.97 Å². The Kier molecular flexibility index (Phi) is 3.31. The average Bonchev–Trinajstić information content (AvgIpc) is 2.83. The first-order valence-corrected chi connectivity index (χ1v) is 6.38. The van der Waals surface area contributed by atoms with Crippen LogP contribution in [0.5, 0.6) is 0 Å². The zero-order valence-corrected chi connectivity index (χ0v) is 10.1. The molecule has 2 rings (SSSR count). The van der Waals surface area contributed by atoms with Gasteiger partial charge in [-0.1, -0.05) is 11.8 Å². The summed E-state index contributed by atoms with van der Waals surface area (Å²) >= 11 is 3.09. The summed E-state index contributed by atoms with van der Waals surface area (Å²) in [6.07, 6.45) is 1.74. The molecule has 0 spiro atoms. The lowest BCUT2D eigenvalue weighted by Crippen LogP contribution is -1.94. The lowest BCUT2D eigenvalue weighted by molar-refractivity contribution is 0.0659. The molecule has 0 amide bonds. The zero-order chi connectivity index (χ0) is 11.5. The number of thioether (sulfide) groups is 1. The Hall–Kier alpha value is -1.27. The molecule has 0 fully saturated rings. The number of hydrogen-bond donors (Lipinski definition) is 1. The third-order valence-electron chi connectivity index (χ3n) is 1.91. The Balaban J connectivity index is 2.05. The molecule has 0 aromatic carbocycles. The van der Waals surface area contributed by atoms with Crippen molar-refractivity contribution in [2.75, 3.05) is 0 Å². The normalized spacial score (nSPS) is 10.6. The summed E-state index contributed by atoms with van der Waals surface area (Å²) in [5.41, 5.74) is 0.655. The molecule has 0 saturated heterocycles. The van der Waals surface area contributed by atoms with Gasteiger partial charge in [0.1, 0.15) is 10.1 Å². The molecule has 0 aliphatic carbocycles. The van der Waals surface area contributed by atoms with Gasteiger partial charge in [0, 0.05) is 17.1 Å². The summed E-state index contributed by atoms with van der Waals surface area (Å²) < 4.78 is 6.18. The first kappa shape index (κ1) is 11.2. The summed E-state index contributed by atoms with van der Waals surface area (Å²) in [6, 6.07) is 1.75. The molecule has 0 bridgehead atoms. The Morgan fingerprint density at radius 3 is 3.06 bits per heavy atom. The van der Waals surface area contributed by atoms with Crippen molar-refractivity contribution in [3.8, 4) is 0 Å². The second-order valence-corrected chi connectivity index (χ2v) is 5.23. The molecule has 4 nitrogen and oxygen atoms in total. The van der Waals surface area contributed by atoms with Crippen LogP contribution in [0.4, 0.5) is 0 Å². The quantitative estimate of drug-likeness (QED) is 0.851. The number of carbonyl (C=O) groups is 1. The molecule has 84 valence electrons. The van der Waals surface area contributed by atoms with Crippen molar-refractivity contribution in [3.05, 3.63) is 34.7 Å². The standard InChI is InChI=1S/C10H9NO3S2/c1-6-4-7(14-8(6)9(12)13)5-16-10-11-2-3-15-10/h2-4H,5H2,1H3,(H,12,13). The lowest BCUT2D eigenvalue weighted by Gasteiger charge is -1.93. The Morgan fingerprint density at radius 2 is 2.50 bits per heavy atom. The van der Waals surface area contributed by atoms with Gasteiger partial charge in [-0.05, 0) is 13.0 Å². The molecule has 6 heteroatoms. The topological polar surface area (TPSA) is 63.3 Å². The van der Waals surface area contributed by atoms with Crippen molar-refractivity contribution in [1.29, 1.82) is 0 Å². The molecule has 0 saturated carbocycles. The maximum Gasteiger partial charge on any atom is 0.372 e. The van der Waals surface area contributed by atoms with E-state index in [0.717, 1.165) is 4.34 Å². The fourth-order valence-electron chi connectivity index (χ4n) is 1.25. The maximum atomic E-state index is 10.8. The Bertz CT molecular complexity index is 490. The van der Waals surface area contributed by atoms with Crippen molar-refractivity contribution in [1.82, 2.24) is 4.98 Å². The number of thiazole rings is 1. The monoisotopic (exact) mass is 255 g/mol. The van der Waals surface area contributed by atoms with E-state index in [4.69, 9.17) is 9.52 Å². The molecule has 0 unspecified atom stereocenters. The second-order valence-electron chi connectivity index (χ2n) is 3.12. The van der Waals surface area contributed by atoms with E-state index >= 15 is 0 Å². The summed E-state index contributed by atoms with van der Waals surface area (Å²) in [6.45, 7) is 1.73. The summed E-state index contributed by atoms with van der Waals surface area (Å²) in [7, 11) is 0. The van der Waals surface area contributed by atoms with Crippen LogP contribution >= 0.6 is 23.1 Å². The molecule has 2 heterocycles. The highest BCUT2D eigenvalue weighted by Gasteiger charge is 2.14. The molecule has 1 N–H and O–H groups in total. The van der Waals surface area contributed by atoms with Crippen LogP contribution in [-0.4, -0.2) is 16.1 Å². The van der Waals surface area contributed by atoms with E-state index in [9.17, 15) is 4.79 Å². The zero-order valence-electron chi connectivity index (χ0n) is 8.47. The minimum atomic E-state index is -1.03. The highest BCUT2D eigenvalue weighted by atomic mass is 32.2. The van der Waals surface area contributed by atoms with Gasteiger partial charge in [-0.2, -0.15) is 0 Å². The molecule has 0 aliphatic rings. The van der Waals surface area contributed by atoms with Gasteiger partial charge in [-0.25, -0.2) is 9.78 Å². The molecular weight excluding hydrogens is 246 g/mol. The van der Waals surface area contributed by atoms with E-state index in [1.165, 1.54) is 11.8 Å². The summed E-state index contributed by atoms with van der Waals surface area (Å²) in [4.78, 5) is 14.9. The number of aryl methyl sites for hydroxylation is 1. The Morgan fingerprint density at radius 1 is 1.69 bits per heavy atom. The van der Waals surface area contributed by atoms with E-state index in [0.29, 0.717) is 17.1 Å². The number of carboxylic acids is 1. The number of hydrogen-bond acceptors (Lipinski definition) is 5. The third kappa shape index (κ3) is 2.45. The van der Waals surface area contributed by atoms with Crippen molar-refractivity contribution >= 4 is 29.1 Å². The van der Waals surface area contributed by atoms with Crippen LogP contribution in [0.3, 0.4) is 0 Å². The number of nitrogens with zero attached hydrogens (tertiary/aromatic N) is 1. The van der Waals surface area contributed by atoms with E-state index in [-0.39, 0.29) is 5.76 Å². The predicted molar refractivity (Wildman–Crippen MR) is 62.1 cm³/mol. The van der Waals surface area contributed by atoms with Crippen LogP contribution in [0.2, 0.25) is 0 Å². The number of rotatable bonds is 4. The molecule has 16 heavy (non-hydrogen) atoms. The SMILES string of the molecule is Cc1cc(CSc2nccs2)oc1C(=O)O. The fourth-order valence-corrected chi connectivity index (χ4v) is 2.76. The van der Waals surface area contributed by atoms with Gasteiger partial charge in [0.2, 0.25) is 5.76 Å². The number of aromatic nitrogens is 1. The molecular formula is C10H9NO3S2. The number of carboxylic acid groups (broad SMARTS) is 1. The first-order valence-electron chi connectivity index (χ1n) is 4.51. The summed E-state index contributed by atoms with van der Waals surface area (Å²) in [5, 5.41) is 10.7. The van der Waals surface area contributed by atoms with Crippen LogP contribution in [0.15, 0.2) is 26.4 Å². The van der Waals surface area contributed by atoms with Crippen LogP contribution in [0.1, 0.15) is 21.9 Å². The van der Waals surface area contributed by atoms with Crippen LogP contribution in [0, 0.1) is 6.92 Å². The highest BCUT2D eigenvalue weighted by molar-refractivity contribution is 8.00. The molecule has 2 aromatic rings. The average molecular weight is 255 g/mol.